The quantitative estimate of drug-likeness (QED) is 0.878. The number of hydrogen-bond acceptors (Lipinski definition) is 3. The molecule has 20 heavy (non-hydrogen) atoms. The van der Waals surface area contributed by atoms with Gasteiger partial charge in [0.15, 0.2) is 0 Å². The topological polar surface area (TPSA) is 64.4 Å². The van der Waals surface area contributed by atoms with Crippen molar-refractivity contribution in [1.29, 1.82) is 0 Å². The molecule has 0 heterocycles. The van der Waals surface area contributed by atoms with Crippen LogP contribution in [0.4, 0.5) is 8.78 Å². The lowest BCUT2D eigenvalue weighted by Gasteiger charge is -2.18. The van der Waals surface area contributed by atoms with Gasteiger partial charge in [0.2, 0.25) is 5.91 Å². The maximum atomic E-state index is 12.1. The molecule has 1 atom stereocenters. The Labute approximate surface area is 122 Å². The number of nitrogens with one attached hydrogen (secondary N) is 1. The fourth-order valence-corrected chi connectivity index (χ4v) is 1.75. The van der Waals surface area contributed by atoms with Gasteiger partial charge in [-0.3, -0.25) is 4.79 Å². The lowest BCUT2D eigenvalue weighted by Crippen LogP contribution is -2.43. The van der Waals surface area contributed by atoms with Gasteiger partial charge in [-0.05, 0) is 37.5 Å². The van der Waals surface area contributed by atoms with Gasteiger partial charge in [0.05, 0.1) is 11.6 Å². The zero-order valence-corrected chi connectivity index (χ0v) is 11.8. The van der Waals surface area contributed by atoms with Crippen LogP contribution in [0.5, 0.6) is 5.75 Å². The standard InChI is InChI=1S/C13H16F2N2O2.ClH/c1-8(17-11(18)13(16)5-6-13)9-3-2-4-10(7-9)19-12(14)15;/h2-4,7-8,12H,5-6,16H2,1H3,(H,17,18);1H. The fourth-order valence-electron chi connectivity index (χ4n) is 1.75. The highest BCUT2D eigenvalue weighted by Crippen LogP contribution is 2.33. The van der Waals surface area contributed by atoms with E-state index in [-0.39, 0.29) is 30.1 Å². The summed E-state index contributed by atoms with van der Waals surface area (Å²) in [5.41, 5.74) is 5.72. The molecule has 1 aliphatic carbocycles. The minimum atomic E-state index is -2.86. The van der Waals surface area contributed by atoms with Crippen molar-refractivity contribution in [3.05, 3.63) is 29.8 Å². The van der Waals surface area contributed by atoms with Crippen molar-refractivity contribution in [2.45, 2.75) is 38.0 Å². The Balaban J connectivity index is 0.00000200. The normalized spacial score (nSPS) is 17.1. The number of benzene rings is 1. The van der Waals surface area contributed by atoms with E-state index in [1.165, 1.54) is 12.1 Å². The molecular weight excluding hydrogens is 290 g/mol. The molecule has 1 fully saturated rings. The van der Waals surface area contributed by atoms with Crippen LogP contribution in [0.3, 0.4) is 0 Å². The smallest absolute Gasteiger partial charge is 0.387 e. The van der Waals surface area contributed by atoms with Gasteiger partial charge < -0.3 is 15.8 Å². The maximum absolute atomic E-state index is 12.1. The minimum absolute atomic E-state index is 0. The molecule has 0 spiro atoms. The molecule has 1 amide bonds. The van der Waals surface area contributed by atoms with E-state index in [0.717, 1.165) is 0 Å². The van der Waals surface area contributed by atoms with Crippen molar-refractivity contribution < 1.29 is 18.3 Å². The molecule has 1 aromatic carbocycles. The molecule has 0 aliphatic heterocycles. The van der Waals surface area contributed by atoms with Crippen LogP contribution in [0.25, 0.3) is 0 Å². The molecule has 2 rings (SSSR count). The molecule has 4 nitrogen and oxygen atoms in total. The monoisotopic (exact) mass is 306 g/mol. The Kier molecular flexibility index (Phi) is 5.30. The highest BCUT2D eigenvalue weighted by molar-refractivity contribution is 5.89. The second-order valence-electron chi connectivity index (χ2n) is 4.80. The van der Waals surface area contributed by atoms with E-state index >= 15 is 0 Å². The summed E-state index contributed by atoms with van der Waals surface area (Å²) in [6.07, 6.45) is 1.36. The van der Waals surface area contributed by atoms with E-state index in [2.05, 4.69) is 10.1 Å². The first-order valence-corrected chi connectivity index (χ1v) is 6.05. The van der Waals surface area contributed by atoms with Crippen LogP contribution in [0, 0.1) is 0 Å². The first-order valence-electron chi connectivity index (χ1n) is 6.05. The van der Waals surface area contributed by atoms with Gasteiger partial charge in [0.1, 0.15) is 5.75 Å². The van der Waals surface area contributed by atoms with E-state index in [1.54, 1.807) is 19.1 Å². The number of nitrogens with two attached hydrogens (primary N) is 1. The summed E-state index contributed by atoms with van der Waals surface area (Å²) in [6.45, 7) is -1.09. The SMILES string of the molecule is CC(NC(=O)C1(N)CC1)c1cccc(OC(F)F)c1.Cl. The summed E-state index contributed by atoms with van der Waals surface area (Å²) >= 11 is 0. The average molecular weight is 307 g/mol. The van der Waals surface area contributed by atoms with Crippen LogP contribution in [0.15, 0.2) is 24.3 Å². The zero-order chi connectivity index (χ0) is 14.0. The molecule has 7 heteroatoms. The third kappa shape index (κ3) is 4.05. The van der Waals surface area contributed by atoms with Crippen molar-refractivity contribution >= 4 is 18.3 Å². The molecule has 112 valence electrons. The predicted molar refractivity (Wildman–Crippen MR) is 73.0 cm³/mol. The summed E-state index contributed by atoms with van der Waals surface area (Å²) in [5.74, 6) is -0.136. The molecule has 1 unspecified atom stereocenters. The van der Waals surface area contributed by atoms with Crippen molar-refractivity contribution in [1.82, 2.24) is 5.32 Å². The Hall–Kier alpha value is -1.40. The van der Waals surface area contributed by atoms with Crippen LogP contribution in [-0.2, 0) is 4.79 Å². The lowest BCUT2D eigenvalue weighted by molar-refractivity contribution is -0.123. The Morgan fingerprint density at radius 1 is 1.45 bits per heavy atom. The van der Waals surface area contributed by atoms with Gasteiger partial charge in [0.25, 0.3) is 0 Å². The van der Waals surface area contributed by atoms with Crippen LogP contribution in [0.2, 0.25) is 0 Å². The molecule has 3 N–H and O–H groups in total. The van der Waals surface area contributed by atoms with Crippen LogP contribution >= 0.6 is 12.4 Å². The van der Waals surface area contributed by atoms with Gasteiger partial charge in [-0.1, -0.05) is 12.1 Å². The molecule has 1 saturated carbocycles. The Morgan fingerprint density at radius 2 is 2.10 bits per heavy atom. The number of carbonyl (C=O) groups is 1. The van der Waals surface area contributed by atoms with Crippen molar-refractivity contribution in [3.8, 4) is 5.75 Å². The van der Waals surface area contributed by atoms with Crippen LogP contribution in [0.1, 0.15) is 31.4 Å². The fraction of sp³-hybridized carbons (Fsp3) is 0.462. The first kappa shape index (κ1) is 16.7. The largest absolute Gasteiger partial charge is 0.435 e. The lowest BCUT2D eigenvalue weighted by atomic mass is 10.1. The average Bonchev–Trinajstić information content (AvgIpc) is 3.08. The molecular formula is C13H17ClF2N2O2. The van der Waals surface area contributed by atoms with E-state index < -0.39 is 12.2 Å². The van der Waals surface area contributed by atoms with Gasteiger partial charge in [-0.15, -0.1) is 12.4 Å². The number of rotatable bonds is 5. The van der Waals surface area contributed by atoms with Crippen LogP contribution < -0.4 is 15.8 Å². The summed E-state index contributed by atoms with van der Waals surface area (Å²) in [5, 5.41) is 2.77. The highest BCUT2D eigenvalue weighted by Gasteiger charge is 2.46. The molecule has 1 aliphatic rings. The number of ether oxygens (including phenoxy) is 1. The Bertz CT molecular complexity index is 481. The molecule has 0 bridgehead atoms. The number of halogens is 3. The maximum Gasteiger partial charge on any atom is 0.387 e. The van der Waals surface area contributed by atoms with E-state index in [9.17, 15) is 13.6 Å². The second-order valence-corrected chi connectivity index (χ2v) is 4.80. The van der Waals surface area contributed by atoms with Gasteiger partial charge in [0, 0.05) is 0 Å². The number of alkyl halides is 2. The van der Waals surface area contributed by atoms with Gasteiger partial charge in [-0.25, -0.2) is 0 Å². The van der Waals surface area contributed by atoms with Crippen molar-refractivity contribution in [3.63, 3.8) is 0 Å². The first-order chi connectivity index (χ1) is 8.90. The third-order valence-corrected chi connectivity index (χ3v) is 3.17. The summed E-state index contributed by atoms with van der Waals surface area (Å²) in [4.78, 5) is 11.8. The van der Waals surface area contributed by atoms with E-state index in [1.807, 2.05) is 0 Å². The van der Waals surface area contributed by atoms with Crippen LogP contribution in [-0.4, -0.2) is 18.1 Å². The van der Waals surface area contributed by atoms with E-state index in [4.69, 9.17) is 5.73 Å². The van der Waals surface area contributed by atoms with Gasteiger partial charge >= 0.3 is 6.61 Å². The molecule has 0 radical (unpaired) electrons. The summed E-state index contributed by atoms with van der Waals surface area (Å²) < 4.78 is 28.6. The van der Waals surface area contributed by atoms with Gasteiger partial charge in [-0.2, -0.15) is 8.78 Å². The zero-order valence-electron chi connectivity index (χ0n) is 10.9. The number of carbonyl (C=O) groups excluding carboxylic acids is 1. The predicted octanol–water partition coefficient (Wildman–Crippen LogP) is 2.38. The summed E-state index contributed by atoms with van der Waals surface area (Å²) in [7, 11) is 0. The number of amides is 1. The molecule has 0 aromatic heterocycles. The third-order valence-electron chi connectivity index (χ3n) is 3.17. The summed E-state index contributed by atoms with van der Waals surface area (Å²) in [6, 6.07) is 5.95. The molecule has 1 aromatic rings. The van der Waals surface area contributed by atoms with E-state index in [0.29, 0.717) is 18.4 Å². The number of hydrogen-bond donors (Lipinski definition) is 2. The second kappa shape index (κ2) is 6.37. The minimum Gasteiger partial charge on any atom is -0.435 e. The van der Waals surface area contributed by atoms with Crippen molar-refractivity contribution in [2.75, 3.05) is 0 Å². The molecule has 0 saturated heterocycles. The van der Waals surface area contributed by atoms with Crippen molar-refractivity contribution in [2.24, 2.45) is 5.73 Å². The highest BCUT2D eigenvalue weighted by atomic mass is 35.5. The Morgan fingerprint density at radius 3 is 2.65 bits per heavy atom.